The maximum absolute atomic E-state index is 12.7. The third-order valence-corrected chi connectivity index (χ3v) is 5.17. The van der Waals surface area contributed by atoms with Gasteiger partial charge in [-0.3, -0.25) is 9.78 Å². The highest BCUT2D eigenvalue weighted by molar-refractivity contribution is 5.93. The molecule has 1 aromatic carbocycles. The van der Waals surface area contributed by atoms with Gasteiger partial charge in [0, 0.05) is 61.7 Å². The van der Waals surface area contributed by atoms with Crippen molar-refractivity contribution in [2.24, 2.45) is 0 Å². The Labute approximate surface area is 159 Å². The number of carbonyl (C=O) groups is 1. The molecule has 0 unspecified atom stereocenters. The minimum absolute atomic E-state index is 0.0170. The lowest BCUT2D eigenvalue weighted by Crippen LogP contribution is -2.47. The van der Waals surface area contributed by atoms with Crippen LogP contribution < -0.4 is 5.32 Å². The van der Waals surface area contributed by atoms with E-state index in [1.807, 2.05) is 23.1 Å². The first-order chi connectivity index (χ1) is 13.2. The van der Waals surface area contributed by atoms with E-state index in [2.05, 4.69) is 51.6 Å². The van der Waals surface area contributed by atoms with Crippen molar-refractivity contribution in [3.63, 3.8) is 0 Å². The average Bonchev–Trinajstić information content (AvgIpc) is 3.12. The Hall–Kier alpha value is -2.86. The summed E-state index contributed by atoms with van der Waals surface area (Å²) < 4.78 is 0. The molecule has 6 nitrogen and oxygen atoms in total. The lowest BCUT2D eigenvalue weighted by atomic mass is 10.1. The van der Waals surface area contributed by atoms with Crippen LogP contribution in [0.2, 0.25) is 0 Å². The monoisotopic (exact) mass is 363 g/mol. The molecule has 27 heavy (non-hydrogen) atoms. The van der Waals surface area contributed by atoms with Crippen LogP contribution >= 0.6 is 0 Å². The van der Waals surface area contributed by atoms with E-state index in [9.17, 15) is 4.79 Å². The predicted molar refractivity (Wildman–Crippen MR) is 108 cm³/mol. The van der Waals surface area contributed by atoms with Crippen molar-refractivity contribution in [3.05, 3.63) is 60.0 Å². The highest BCUT2D eigenvalue weighted by atomic mass is 16.2. The zero-order valence-corrected chi connectivity index (χ0v) is 15.6. The van der Waals surface area contributed by atoms with Gasteiger partial charge in [0.1, 0.15) is 5.69 Å². The molecular formula is C21H25N5O. The number of amides is 1. The molecule has 3 aromatic rings. The number of piperazine rings is 1. The maximum Gasteiger partial charge on any atom is 0.272 e. The molecule has 1 fully saturated rings. The maximum atomic E-state index is 12.7. The normalized spacial score (nSPS) is 15.2. The summed E-state index contributed by atoms with van der Waals surface area (Å²) in [5.74, 6) is 0.0170. The minimum atomic E-state index is 0.0170. The van der Waals surface area contributed by atoms with Gasteiger partial charge in [-0.05, 0) is 37.2 Å². The van der Waals surface area contributed by atoms with E-state index in [1.165, 1.54) is 10.9 Å². The van der Waals surface area contributed by atoms with Crippen molar-refractivity contribution in [1.29, 1.82) is 0 Å². The Balaban J connectivity index is 1.37. The molecular weight excluding hydrogens is 338 g/mol. The molecule has 1 aliphatic heterocycles. The Morgan fingerprint density at radius 1 is 1.19 bits per heavy atom. The molecule has 4 rings (SSSR count). The first-order valence-corrected chi connectivity index (χ1v) is 9.43. The van der Waals surface area contributed by atoms with Crippen LogP contribution in [0.5, 0.6) is 0 Å². The summed E-state index contributed by atoms with van der Waals surface area (Å²) >= 11 is 0. The van der Waals surface area contributed by atoms with Crippen LogP contribution in [0.4, 0.5) is 5.69 Å². The summed E-state index contributed by atoms with van der Waals surface area (Å²) in [5, 5.41) is 4.68. The van der Waals surface area contributed by atoms with Gasteiger partial charge in [0.2, 0.25) is 0 Å². The fraction of sp³-hybridized carbons (Fsp3) is 0.333. The van der Waals surface area contributed by atoms with Crippen LogP contribution in [0.3, 0.4) is 0 Å². The number of rotatable bonds is 5. The second kappa shape index (κ2) is 7.80. The number of aromatic nitrogens is 2. The number of hydrogen-bond acceptors (Lipinski definition) is 4. The van der Waals surface area contributed by atoms with Crippen LogP contribution in [0, 0.1) is 0 Å². The van der Waals surface area contributed by atoms with Gasteiger partial charge in [-0.2, -0.15) is 0 Å². The molecule has 0 atom stereocenters. The van der Waals surface area contributed by atoms with Gasteiger partial charge < -0.3 is 20.1 Å². The van der Waals surface area contributed by atoms with E-state index in [0.29, 0.717) is 5.69 Å². The number of carbonyl (C=O) groups excluding carboxylic acids is 1. The Kier molecular flexibility index (Phi) is 5.07. The topological polar surface area (TPSA) is 64.3 Å². The number of likely N-dealkylation sites (N-methyl/N-ethyl adjacent to an activating group) is 1. The standard InChI is InChI=1S/C21H25N5O/c1-25-10-12-26(13-11-25)21(27)20-14-17(7-9-23-20)22-8-6-16-15-24-19-5-3-2-4-18(16)19/h2-5,7,9,14-15,24H,6,8,10-13H2,1H3,(H,22,23). The van der Waals surface area contributed by atoms with Crippen molar-refractivity contribution in [3.8, 4) is 0 Å². The lowest BCUT2D eigenvalue weighted by molar-refractivity contribution is 0.0658. The summed E-state index contributed by atoms with van der Waals surface area (Å²) in [4.78, 5) is 24.4. The van der Waals surface area contributed by atoms with Crippen molar-refractivity contribution in [1.82, 2.24) is 19.8 Å². The van der Waals surface area contributed by atoms with Gasteiger partial charge >= 0.3 is 0 Å². The molecule has 2 aromatic heterocycles. The second-order valence-corrected chi connectivity index (χ2v) is 7.06. The molecule has 0 aliphatic carbocycles. The third kappa shape index (κ3) is 3.95. The van der Waals surface area contributed by atoms with Crippen molar-refractivity contribution < 1.29 is 4.79 Å². The van der Waals surface area contributed by atoms with Gasteiger partial charge in [0.15, 0.2) is 0 Å². The average molecular weight is 363 g/mol. The SMILES string of the molecule is CN1CCN(C(=O)c2cc(NCCc3c[nH]c4ccccc34)ccn2)CC1. The van der Waals surface area contributed by atoms with Crippen LogP contribution in [0.1, 0.15) is 16.1 Å². The number of nitrogens with one attached hydrogen (secondary N) is 2. The highest BCUT2D eigenvalue weighted by Crippen LogP contribution is 2.18. The summed E-state index contributed by atoms with van der Waals surface area (Å²) in [6, 6.07) is 12.1. The molecule has 0 radical (unpaired) electrons. The smallest absolute Gasteiger partial charge is 0.272 e. The molecule has 1 amide bonds. The van der Waals surface area contributed by atoms with Crippen LogP contribution in [0.25, 0.3) is 10.9 Å². The lowest BCUT2D eigenvalue weighted by Gasteiger charge is -2.32. The van der Waals surface area contributed by atoms with Crippen molar-refractivity contribution >= 4 is 22.5 Å². The number of para-hydroxylation sites is 1. The molecule has 0 bridgehead atoms. The zero-order chi connectivity index (χ0) is 18.6. The van der Waals surface area contributed by atoms with E-state index in [-0.39, 0.29) is 5.91 Å². The Morgan fingerprint density at radius 3 is 2.85 bits per heavy atom. The van der Waals surface area contributed by atoms with E-state index in [1.54, 1.807) is 6.20 Å². The van der Waals surface area contributed by atoms with Gasteiger partial charge in [0.05, 0.1) is 0 Å². The highest BCUT2D eigenvalue weighted by Gasteiger charge is 2.21. The van der Waals surface area contributed by atoms with E-state index in [0.717, 1.165) is 50.3 Å². The van der Waals surface area contributed by atoms with Gasteiger partial charge in [0.25, 0.3) is 5.91 Å². The third-order valence-electron chi connectivity index (χ3n) is 5.17. The summed E-state index contributed by atoms with van der Waals surface area (Å²) in [5.41, 5.74) is 3.90. The summed E-state index contributed by atoms with van der Waals surface area (Å²) in [7, 11) is 2.08. The number of fused-ring (bicyclic) bond motifs is 1. The molecule has 6 heteroatoms. The summed E-state index contributed by atoms with van der Waals surface area (Å²) in [6.07, 6.45) is 4.69. The largest absolute Gasteiger partial charge is 0.385 e. The minimum Gasteiger partial charge on any atom is -0.385 e. The zero-order valence-electron chi connectivity index (χ0n) is 15.6. The van der Waals surface area contributed by atoms with E-state index in [4.69, 9.17) is 0 Å². The number of H-pyrrole nitrogens is 1. The fourth-order valence-electron chi connectivity index (χ4n) is 3.51. The molecule has 2 N–H and O–H groups in total. The van der Waals surface area contributed by atoms with E-state index >= 15 is 0 Å². The first-order valence-electron chi connectivity index (χ1n) is 9.43. The van der Waals surface area contributed by atoms with Crippen LogP contribution in [-0.4, -0.2) is 65.4 Å². The quantitative estimate of drug-likeness (QED) is 0.731. The van der Waals surface area contributed by atoms with Gasteiger partial charge in [-0.15, -0.1) is 0 Å². The first kappa shape index (κ1) is 17.5. The number of benzene rings is 1. The predicted octanol–water partition coefficient (Wildman–Crippen LogP) is 2.61. The number of anilines is 1. The van der Waals surface area contributed by atoms with Crippen molar-refractivity contribution in [2.75, 3.05) is 45.1 Å². The second-order valence-electron chi connectivity index (χ2n) is 7.06. The summed E-state index contributed by atoms with van der Waals surface area (Å²) in [6.45, 7) is 4.14. The Morgan fingerprint density at radius 2 is 2.00 bits per heavy atom. The molecule has 0 spiro atoms. The number of pyridine rings is 1. The number of nitrogens with zero attached hydrogens (tertiary/aromatic N) is 3. The molecule has 140 valence electrons. The molecule has 3 heterocycles. The number of aromatic amines is 1. The fourth-order valence-corrected chi connectivity index (χ4v) is 3.51. The van der Waals surface area contributed by atoms with Crippen LogP contribution in [-0.2, 0) is 6.42 Å². The van der Waals surface area contributed by atoms with Gasteiger partial charge in [-0.1, -0.05) is 18.2 Å². The van der Waals surface area contributed by atoms with Crippen molar-refractivity contribution in [2.45, 2.75) is 6.42 Å². The van der Waals surface area contributed by atoms with Crippen LogP contribution in [0.15, 0.2) is 48.8 Å². The number of hydrogen-bond donors (Lipinski definition) is 2. The van der Waals surface area contributed by atoms with Gasteiger partial charge in [-0.25, -0.2) is 0 Å². The van der Waals surface area contributed by atoms with E-state index < -0.39 is 0 Å². The molecule has 1 saturated heterocycles. The molecule has 0 saturated carbocycles. The molecule has 1 aliphatic rings. The Bertz CT molecular complexity index is 927.